The van der Waals surface area contributed by atoms with Crippen LogP contribution >= 0.6 is 0 Å². The van der Waals surface area contributed by atoms with E-state index in [9.17, 15) is 4.79 Å². The second-order valence-electron chi connectivity index (χ2n) is 4.92. The second-order valence-corrected chi connectivity index (χ2v) is 4.92. The van der Waals surface area contributed by atoms with E-state index in [1.54, 1.807) is 6.92 Å². The van der Waals surface area contributed by atoms with Gasteiger partial charge in [-0.05, 0) is 12.5 Å². The van der Waals surface area contributed by atoms with Crippen LogP contribution in [0.25, 0.3) is 16.9 Å². The molecule has 0 saturated carbocycles. The highest BCUT2D eigenvalue weighted by Gasteiger charge is 2.30. The van der Waals surface area contributed by atoms with Gasteiger partial charge in [0.1, 0.15) is 5.69 Å². The number of fused-ring (bicyclic) bond motifs is 1. The lowest BCUT2D eigenvalue weighted by atomic mass is 10.2. The zero-order valence-electron chi connectivity index (χ0n) is 11.3. The molecule has 3 aromatic rings. The van der Waals surface area contributed by atoms with Crippen LogP contribution in [-0.2, 0) is 9.47 Å². The number of rotatable bonds is 2. The molecule has 0 bridgehead atoms. The van der Waals surface area contributed by atoms with Gasteiger partial charge < -0.3 is 9.47 Å². The minimum atomic E-state index is -0.548. The average molecular weight is 283 g/mol. The fourth-order valence-corrected chi connectivity index (χ4v) is 2.39. The second kappa shape index (κ2) is 4.54. The van der Waals surface area contributed by atoms with Crippen LogP contribution in [0.5, 0.6) is 0 Å². The Hall–Kier alpha value is -2.44. The van der Waals surface area contributed by atoms with E-state index in [0.29, 0.717) is 11.3 Å². The largest absolute Gasteiger partial charge is 0.318 e. The van der Waals surface area contributed by atoms with Crippen molar-refractivity contribution in [2.24, 2.45) is 0 Å². The van der Waals surface area contributed by atoms with Crippen molar-refractivity contribution >= 4 is 5.65 Å². The summed E-state index contributed by atoms with van der Waals surface area (Å²) in [6.45, 7) is 1.80. The third-order valence-corrected chi connectivity index (χ3v) is 3.43. The van der Waals surface area contributed by atoms with Crippen molar-refractivity contribution in [2.75, 3.05) is 0 Å². The lowest BCUT2D eigenvalue weighted by molar-refractivity contribution is -0.383. The fourth-order valence-electron chi connectivity index (χ4n) is 2.39. The standard InChI is InChI=1S/C15H13N3O3/c1-9-20-15(21-9)12-8-14(19)18-13(16-12)7-11(17-18)10-5-3-2-4-6-10/h2-9,15,17H,1H3. The molecule has 1 aromatic carbocycles. The highest BCUT2D eigenvalue weighted by Crippen LogP contribution is 2.29. The quantitative estimate of drug-likeness (QED) is 0.782. The SMILES string of the molecule is CC1OC(c2cc(=O)n3[nH]c(-c4ccccc4)cc3n2)O1. The Kier molecular flexibility index (Phi) is 2.66. The number of benzene rings is 1. The van der Waals surface area contributed by atoms with Gasteiger partial charge in [-0.15, -0.1) is 0 Å². The molecule has 0 amide bonds. The summed E-state index contributed by atoms with van der Waals surface area (Å²) in [6.07, 6.45) is -0.797. The first-order valence-electron chi connectivity index (χ1n) is 6.70. The smallest absolute Gasteiger partial charge is 0.273 e. The highest BCUT2D eigenvalue weighted by atomic mass is 16.9. The number of nitrogens with one attached hydrogen (secondary N) is 1. The first-order chi connectivity index (χ1) is 10.2. The van der Waals surface area contributed by atoms with Crippen LogP contribution in [0.2, 0.25) is 0 Å². The van der Waals surface area contributed by atoms with E-state index in [0.717, 1.165) is 11.3 Å². The molecule has 1 saturated heterocycles. The molecular weight excluding hydrogens is 270 g/mol. The molecule has 1 fully saturated rings. The van der Waals surface area contributed by atoms with Crippen LogP contribution in [0, 0.1) is 0 Å². The van der Waals surface area contributed by atoms with Crippen molar-refractivity contribution in [3.63, 3.8) is 0 Å². The van der Waals surface area contributed by atoms with Gasteiger partial charge in [0.2, 0.25) is 6.29 Å². The summed E-state index contributed by atoms with van der Waals surface area (Å²) in [6, 6.07) is 13.0. The molecule has 6 nitrogen and oxygen atoms in total. The Morgan fingerprint density at radius 2 is 1.95 bits per heavy atom. The summed E-state index contributed by atoms with van der Waals surface area (Å²) in [4.78, 5) is 16.6. The van der Waals surface area contributed by atoms with E-state index >= 15 is 0 Å². The van der Waals surface area contributed by atoms with Gasteiger partial charge in [0.25, 0.3) is 5.56 Å². The maximum absolute atomic E-state index is 12.2. The first-order valence-corrected chi connectivity index (χ1v) is 6.70. The van der Waals surface area contributed by atoms with Gasteiger partial charge in [-0.25, -0.2) is 9.50 Å². The number of aromatic amines is 1. The molecule has 0 unspecified atom stereocenters. The third-order valence-electron chi connectivity index (χ3n) is 3.43. The van der Waals surface area contributed by atoms with Crippen molar-refractivity contribution in [1.82, 2.24) is 14.6 Å². The summed E-state index contributed by atoms with van der Waals surface area (Å²) in [7, 11) is 0. The Morgan fingerprint density at radius 3 is 2.67 bits per heavy atom. The molecular formula is C15H13N3O3. The molecule has 1 aliphatic rings. The summed E-state index contributed by atoms with van der Waals surface area (Å²) >= 11 is 0. The van der Waals surface area contributed by atoms with Gasteiger partial charge in [-0.1, -0.05) is 30.3 Å². The minimum Gasteiger partial charge on any atom is -0.318 e. The van der Waals surface area contributed by atoms with Crippen molar-refractivity contribution in [3.8, 4) is 11.3 Å². The molecule has 0 radical (unpaired) electrons. The molecule has 4 rings (SSSR count). The molecule has 3 heterocycles. The van der Waals surface area contributed by atoms with Gasteiger partial charge in [-0.2, -0.15) is 0 Å². The molecule has 6 heteroatoms. The van der Waals surface area contributed by atoms with Crippen molar-refractivity contribution < 1.29 is 9.47 Å². The van der Waals surface area contributed by atoms with Crippen LogP contribution < -0.4 is 5.56 Å². The highest BCUT2D eigenvalue weighted by molar-refractivity contribution is 5.63. The average Bonchev–Trinajstić information content (AvgIpc) is 2.89. The Morgan fingerprint density at radius 1 is 1.19 bits per heavy atom. The number of hydrogen-bond acceptors (Lipinski definition) is 4. The molecule has 106 valence electrons. The lowest BCUT2D eigenvalue weighted by Crippen LogP contribution is -2.33. The van der Waals surface area contributed by atoms with E-state index in [2.05, 4.69) is 10.1 Å². The van der Waals surface area contributed by atoms with E-state index < -0.39 is 6.29 Å². The van der Waals surface area contributed by atoms with Crippen molar-refractivity contribution in [2.45, 2.75) is 19.5 Å². The van der Waals surface area contributed by atoms with E-state index in [1.165, 1.54) is 10.6 Å². The van der Waals surface area contributed by atoms with Gasteiger partial charge in [-0.3, -0.25) is 9.89 Å². The summed E-state index contributed by atoms with van der Waals surface area (Å²) in [5, 5.41) is 3.05. The number of hydrogen-bond donors (Lipinski definition) is 1. The summed E-state index contributed by atoms with van der Waals surface area (Å²) < 4.78 is 12.2. The van der Waals surface area contributed by atoms with Crippen LogP contribution in [0.4, 0.5) is 0 Å². The normalized spacial score (nSPS) is 21.4. The summed E-state index contributed by atoms with van der Waals surface area (Å²) in [5.41, 5.74) is 2.68. The molecule has 1 N–H and O–H groups in total. The predicted molar refractivity (Wildman–Crippen MR) is 75.6 cm³/mol. The monoisotopic (exact) mass is 283 g/mol. The molecule has 21 heavy (non-hydrogen) atoms. The van der Waals surface area contributed by atoms with Gasteiger partial charge >= 0.3 is 0 Å². The molecule has 0 aliphatic carbocycles. The lowest BCUT2D eigenvalue weighted by Gasteiger charge is -2.32. The Balaban J connectivity index is 1.81. The van der Waals surface area contributed by atoms with Crippen molar-refractivity contribution in [1.29, 1.82) is 0 Å². The number of H-pyrrole nitrogens is 1. The molecule has 1 aliphatic heterocycles. The van der Waals surface area contributed by atoms with Crippen molar-refractivity contribution in [3.05, 3.63) is 58.5 Å². The van der Waals surface area contributed by atoms with Gasteiger partial charge in [0.15, 0.2) is 11.9 Å². The Labute approximate surface area is 119 Å². The van der Waals surface area contributed by atoms with E-state index in [4.69, 9.17) is 9.47 Å². The van der Waals surface area contributed by atoms with Gasteiger partial charge in [0, 0.05) is 12.1 Å². The third kappa shape index (κ3) is 2.05. The zero-order chi connectivity index (χ0) is 14.4. The number of ether oxygens (including phenoxy) is 2. The number of nitrogens with zero attached hydrogens (tertiary/aromatic N) is 2. The first kappa shape index (κ1) is 12.3. The van der Waals surface area contributed by atoms with Crippen LogP contribution in [0.3, 0.4) is 0 Å². The van der Waals surface area contributed by atoms with E-state index in [-0.39, 0.29) is 11.8 Å². The van der Waals surface area contributed by atoms with Crippen LogP contribution in [0.1, 0.15) is 18.9 Å². The van der Waals surface area contributed by atoms with Gasteiger partial charge in [0.05, 0.1) is 5.69 Å². The topological polar surface area (TPSA) is 68.6 Å². The molecule has 0 spiro atoms. The van der Waals surface area contributed by atoms with E-state index in [1.807, 2.05) is 36.4 Å². The summed E-state index contributed by atoms with van der Waals surface area (Å²) in [5.74, 6) is 0. The van der Waals surface area contributed by atoms with Crippen LogP contribution in [0.15, 0.2) is 47.3 Å². The minimum absolute atomic E-state index is 0.191. The predicted octanol–water partition coefficient (Wildman–Crippen LogP) is 2.08. The maximum Gasteiger partial charge on any atom is 0.273 e. The molecule has 2 aromatic heterocycles. The van der Waals surface area contributed by atoms with Crippen LogP contribution in [-0.4, -0.2) is 20.9 Å². The fraction of sp³-hybridized carbons (Fsp3) is 0.200. The Bertz CT molecular complexity index is 847. The molecule has 0 atom stereocenters. The zero-order valence-corrected chi connectivity index (χ0v) is 11.3. The maximum atomic E-state index is 12.2. The number of aromatic nitrogens is 3.